The fraction of sp³-hybridized carbons (Fsp3) is 0.346. The number of rotatable bonds is 5. The molecule has 0 spiro atoms. The Hall–Kier alpha value is -3.21. The number of hydrogen-bond donors (Lipinski definition) is 1. The fourth-order valence-electron chi connectivity index (χ4n) is 4.99. The lowest BCUT2D eigenvalue weighted by Gasteiger charge is -2.32. The zero-order chi connectivity index (χ0) is 26.4. The SMILES string of the molecule is CCOC(=O)c1c(F)cc2c3nc(N4CCC[C@@H](N)C4)n(Cc4ccccc4Cl)c3c(=O)n(C)c2c1F.Cl. The van der Waals surface area contributed by atoms with Gasteiger partial charge in [-0.1, -0.05) is 29.8 Å². The molecule has 0 unspecified atom stereocenters. The number of fused-ring (bicyclic) bond motifs is 3. The van der Waals surface area contributed by atoms with Crippen LogP contribution < -0.4 is 16.2 Å². The first kappa shape index (κ1) is 27.8. The van der Waals surface area contributed by atoms with Crippen molar-refractivity contribution in [1.82, 2.24) is 14.1 Å². The van der Waals surface area contributed by atoms with Gasteiger partial charge in [-0.3, -0.25) is 4.79 Å². The summed E-state index contributed by atoms with van der Waals surface area (Å²) in [7, 11) is 1.38. The molecule has 2 N–H and O–H groups in total. The van der Waals surface area contributed by atoms with E-state index in [1.165, 1.54) is 14.0 Å². The topological polar surface area (TPSA) is 95.4 Å². The maximum Gasteiger partial charge on any atom is 0.344 e. The molecule has 38 heavy (non-hydrogen) atoms. The van der Waals surface area contributed by atoms with Crippen molar-refractivity contribution in [3.63, 3.8) is 0 Å². The van der Waals surface area contributed by atoms with Crippen molar-refractivity contribution in [2.45, 2.75) is 32.4 Å². The molecule has 0 bridgehead atoms. The number of halogens is 4. The van der Waals surface area contributed by atoms with Crippen LogP contribution in [0, 0.1) is 11.6 Å². The Morgan fingerprint density at radius 3 is 2.68 bits per heavy atom. The van der Waals surface area contributed by atoms with E-state index in [-0.39, 0.29) is 53.5 Å². The normalized spacial score (nSPS) is 15.6. The summed E-state index contributed by atoms with van der Waals surface area (Å²) in [5, 5.41) is 0.583. The van der Waals surface area contributed by atoms with Gasteiger partial charge in [0.25, 0.3) is 5.56 Å². The van der Waals surface area contributed by atoms with Gasteiger partial charge < -0.3 is 24.5 Å². The number of carbonyl (C=O) groups excluding carboxylic acids is 1. The highest BCUT2D eigenvalue weighted by Gasteiger charge is 2.29. The van der Waals surface area contributed by atoms with Crippen molar-refractivity contribution in [2.75, 3.05) is 24.6 Å². The maximum atomic E-state index is 15.6. The van der Waals surface area contributed by atoms with Gasteiger partial charge in [-0.05, 0) is 37.5 Å². The number of piperidine rings is 1. The van der Waals surface area contributed by atoms with E-state index in [1.54, 1.807) is 10.6 Å². The summed E-state index contributed by atoms with van der Waals surface area (Å²) in [6, 6.07) is 8.19. The number of aromatic nitrogens is 3. The molecule has 1 aliphatic rings. The summed E-state index contributed by atoms with van der Waals surface area (Å²) < 4.78 is 38.4. The van der Waals surface area contributed by atoms with Gasteiger partial charge in [-0.25, -0.2) is 18.6 Å². The molecule has 0 saturated carbocycles. The average Bonchev–Trinajstić information content (AvgIpc) is 3.23. The Morgan fingerprint density at radius 2 is 2.00 bits per heavy atom. The van der Waals surface area contributed by atoms with Crippen molar-refractivity contribution in [2.24, 2.45) is 12.8 Å². The number of nitrogens with zero attached hydrogens (tertiary/aromatic N) is 4. The third-order valence-corrected chi connectivity index (χ3v) is 7.11. The van der Waals surface area contributed by atoms with Crippen LogP contribution in [0.4, 0.5) is 14.7 Å². The molecule has 202 valence electrons. The Morgan fingerprint density at radius 1 is 1.26 bits per heavy atom. The predicted octanol–water partition coefficient (Wildman–Crippen LogP) is 4.39. The fourth-order valence-corrected chi connectivity index (χ4v) is 5.19. The quantitative estimate of drug-likeness (QED) is 0.360. The van der Waals surface area contributed by atoms with Crippen LogP contribution in [0.15, 0.2) is 35.1 Å². The average molecular weight is 566 g/mol. The van der Waals surface area contributed by atoms with Gasteiger partial charge >= 0.3 is 5.97 Å². The van der Waals surface area contributed by atoms with Crippen LogP contribution in [-0.4, -0.2) is 45.8 Å². The molecular weight excluding hydrogens is 539 g/mol. The van der Waals surface area contributed by atoms with E-state index in [2.05, 4.69) is 0 Å². The van der Waals surface area contributed by atoms with Gasteiger partial charge in [0.2, 0.25) is 5.95 Å². The lowest BCUT2D eigenvalue weighted by molar-refractivity contribution is 0.0515. The number of esters is 1. The summed E-state index contributed by atoms with van der Waals surface area (Å²) in [6.07, 6.45) is 1.69. The Bertz CT molecular complexity index is 1600. The van der Waals surface area contributed by atoms with Crippen LogP contribution in [0.5, 0.6) is 0 Å². The molecule has 8 nitrogen and oxygen atoms in total. The Kier molecular flexibility index (Phi) is 7.96. The van der Waals surface area contributed by atoms with Gasteiger partial charge in [0.15, 0.2) is 5.82 Å². The first-order valence-electron chi connectivity index (χ1n) is 12.0. The molecule has 1 atom stereocenters. The number of aryl methyl sites for hydroxylation is 1. The molecule has 2 aromatic carbocycles. The van der Waals surface area contributed by atoms with Crippen molar-refractivity contribution in [1.29, 1.82) is 0 Å². The second-order valence-electron chi connectivity index (χ2n) is 9.16. The van der Waals surface area contributed by atoms with Gasteiger partial charge in [0.05, 0.1) is 18.7 Å². The monoisotopic (exact) mass is 565 g/mol. The summed E-state index contributed by atoms with van der Waals surface area (Å²) in [4.78, 5) is 32.7. The minimum atomic E-state index is -1.17. The third-order valence-electron chi connectivity index (χ3n) is 6.74. The number of imidazole rings is 1. The van der Waals surface area contributed by atoms with Gasteiger partial charge in [-0.15, -0.1) is 12.4 Å². The lowest BCUT2D eigenvalue weighted by Crippen LogP contribution is -2.44. The molecule has 3 heterocycles. The van der Waals surface area contributed by atoms with E-state index in [4.69, 9.17) is 27.1 Å². The van der Waals surface area contributed by atoms with Gasteiger partial charge in [0.1, 0.15) is 22.4 Å². The number of anilines is 1. The van der Waals surface area contributed by atoms with Crippen LogP contribution in [0.3, 0.4) is 0 Å². The highest BCUT2D eigenvalue weighted by atomic mass is 35.5. The van der Waals surface area contributed by atoms with Crippen molar-refractivity contribution in [3.05, 3.63) is 68.5 Å². The van der Waals surface area contributed by atoms with E-state index >= 15 is 8.78 Å². The standard InChI is InChI=1S/C26H26ClF2N5O3.ClH/c1-3-37-25(36)19-18(28)11-16-21-23(24(35)32(2)22(16)20(19)29)34(12-14-7-4-5-9-17(14)27)26(31-21)33-10-6-8-15(30)13-33;/h4-5,7,9,11,15H,3,6,8,10,12-13,30H2,1-2H3;1H/t15-;/m1./s1. The molecule has 0 amide bonds. The van der Waals surface area contributed by atoms with Crippen molar-refractivity contribution in [3.8, 4) is 0 Å². The number of pyridine rings is 1. The van der Waals surface area contributed by atoms with Crippen molar-refractivity contribution < 1.29 is 18.3 Å². The number of carbonyl (C=O) groups is 1. The van der Waals surface area contributed by atoms with E-state index in [9.17, 15) is 9.59 Å². The molecular formula is C26H27Cl2F2N5O3. The third kappa shape index (κ3) is 4.61. The zero-order valence-corrected chi connectivity index (χ0v) is 22.4. The van der Waals surface area contributed by atoms with Crippen molar-refractivity contribution >= 4 is 57.9 Å². The maximum absolute atomic E-state index is 15.6. The minimum absolute atomic E-state index is 0. The Balaban J connectivity index is 0.00000336. The first-order valence-corrected chi connectivity index (χ1v) is 12.4. The van der Waals surface area contributed by atoms with E-state index < -0.39 is 28.7 Å². The number of hydrogen-bond acceptors (Lipinski definition) is 6. The lowest BCUT2D eigenvalue weighted by atomic mass is 10.1. The van der Waals surface area contributed by atoms with Crippen LogP contribution in [0.1, 0.15) is 35.7 Å². The highest BCUT2D eigenvalue weighted by molar-refractivity contribution is 6.31. The molecule has 5 rings (SSSR count). The largest absolute Gasteiger partial charge is 0.462 e. The summed E-state index contributed by atoms with van der Waals surface area (Å²) in [5.74, 6) is -2.94. The molecule has 1 fully saturated rings. The number of ether oxygens (including phenoxy) is 1. The smallest absolute Gasteiger partial charge is 0.344 e. The second-order valence-corrected chi connectivity index (χ2v) is 9.57. The predicted molar refractivity (Wildman–Crippen MR) is 146 cm³/mol. The van der Waals surface area contributed by atoms with Crippen LogP contribution in [0.25, 0.3) is 21.9 Å². The first-order chi connectivity index (χ1) is 17.7. The van der Waals surface area contributed by atoms with Crippen LogP contribution in [-0.2, 0) is 18.3 Å². The molecule has 1 saturated heterocycles. The summed E-state index contributed by atoms with van der Waals surface area (Å²) in [5.41, 5.74) is 5.66. The molecule has 0 aliphatic carbocycles. The number of benzene rings is 2. The number of nitrogens with two attached hydrogens (primary N) is 1. The molecule has 0 radical (unpaired) electrons. The second kappa shape index (κ2) is 10.9. The minimum Gasteiger partial charge on any atom is -0.462 e. The summed E-state index contributed by atoms with van der Waals surface area (Å²) in [6.45, 7) is 2.87. The Labute approximate surface area is 228 Å². The molecule has 4 aromatic rings. The molecule has 12 heteroatoms. The van der Waals surface area contributed by atoms with Gasteiger partial charge in [-0.2, -0.15) is 0 Å². The molecule has 1 aliphatic heterocycles. The molecule has 2 aromatic heterocycles. The summed E-state index contributed by atoms with van der Waals surface area (Å²) >= 11 is 6.44. The van der Waals surface area contributed by atoms with E-state index in [0.29, 0.717) is 24.1 Å². The highest BCUT2D eigenvalue weighted by Crippen LogP contribution is 2.33. The van der Waals surface area contributed by atoms with E-state index in [0.717, 1.165) is 29.0 Å². The van der Waals surface area contributed by atoms with E-state index in [1.807, 2.05) is 23.1 Å². The van der Waals surface area contributed by atoms with Gasteiger partial charge in [0, 0.05) is 36.6 Å². The van der Waals surface area contributed by atoms with Crippen LogP contribution >= 0.6 is 24.0 Å². The van der Waals surface area contributed by atoms with Crippen LogP contribution in [0.2, 0.25) is 5.02 Å². The zero-order valence-electron chi connectivity index (χ0n) is 20.8.